The van der Waals surface area contributed by atoms with E-state index in [0.717, 1.165) is 13.1 Å². The Kier molecular flexibility index (Phi) is 2.26. The van der Waals surface area contributed by atoms with Gasteiger partial charge < -0.3 is 0 Å². The molecular weight excluding hydrogens is 216 g/mol. The molecule has 0 radical (unpaired) electrons. The summed E-state index contributed by atoms with van der Waals surface area (Å²) in [6, 6.07) is 7.92. The van der Waals surface area contributed by atoms with Gasteiger partial charge in [-0.3, -0.25) is 19.4 Å². The quantitative estimate of drug-likeness (QED) is 0.669. The van der Waals surface area contributed by atoms with E-state index in [-0.39, 0.29) is 17.9 Å². The van der Waals surface area contributed by atoms with Crippen LogP contribution in [0.25, 0.3) is 0 Å². The van der Waals surface area contributed by atoms with Crippen LogP contribution >= 0.6 is 0 Å². The van der Waals surface area contributed by atoms with Crippen LogP contribution in [0.5, 0.6) is 0 Å². The van der Waals surface area contributed by atoms with Crippen molar-refractivity contribution in [3.8, 4) is 0 Å². The molecule has 1 aromatic rings. The average molecular weight is 230 g/mol. The molecule has 0 spiro atoms. The lowest BCUT2D eigenvalue weighted by molar-refractivity contribution is -0.138. The summed E-state index contributed by atoms with van der Waals surface area (Å²) in [5, 5.41) is 0. The van der Waals surface area contributed by atoms with Crippen LogP contribution in [0.1, 0.15) is 17.5 Å². The Morgan fingerprint density at radius 1 is 1.12 bits per heavy atom. The first-order valence-electron chi connectivity index (χ1n) is 5.78. The molecule has 4 nitrogen and oxygen atoms in total. The van der Waals surface area contributed by atoms with Crippen molar-refractivity contribution in [2.24, 2.45) is 0 Å². The van der Waals surface area contributed by atoms with Gasteiger partial charge in [-0.15, -0.1) is 0 Å². The fourth-order valence-corrected chi connectivity index (χ4v) is 2.60. The Morgan fingerprint density at radius 2 is 1.71 bits per heavy atom. The first-order valence-corrected chi connectivity index (χ1v) is 5.78. The van der Waals surface area contributed by atoms with E-state index in [0.29, 0.717) is 6.42 Å². The highest BCUT2D eigenvalue weighted by molar-refractivity contribution is 6.05. The van der Waals surface area contributed by atoms with Gasteiger partial charge in [0.15, 0.2) is 0 Å². The van der Waals surface area contributed by atoms with Crippen molar-refractivity contribution in [2.45, 2.75) is 25.6 Å². The van der Waals surface area contributed by atoms with E-state index < -0.39 is 0 Å². The Balaban J connectivity index is 1.82. The van der Waals surface area contributed by atoms with Gasteiger partial charge >= 0.3 is 0 Å². The monoisotopic (exact) mass is 230 g/mol. The fourth-order valence-electron chi connectivity index (χ4n) is 2.60. The predicted octanol–water partition coefficient (Wildman–Crippen LogP) is 0.759. The van der Waals surface area contributed by atoms with Crippen molar-refractivity contribution in [3.05, 3.63) is 35.4 Å². The van der Waals surface area contributed by atoms with Crippen LogP contribution in [0.3, 0.4) is 0 Å². The number of rotatable bonds is 1. The summed E-state index contributed by atoms with van der Waals surface area (Å²) >= 11 is 0. The van der Waals surface area contributed by atoms with Gasteiger partial charge in [0.05, 0.1) is 12.5 Å². The Morgan fingerprint density at radius 3 is 2.18 bits per heavy atom. The number of likely N-dealkylation sites (N-methyl/N-ethyl adjacent to an activating group) is 1. The molecule has 2 amide bonds. The third-order valence-electron chi connectivity index (χ3n) is 3.66. The van der Waals surface area contributed by atoms with Crippen molar-refractivity contribution < 1.29 is 9.59 Å². The van der Waals surface area contributed by atoms with E-state index in [1.807, 2.05) is 12.1 Å². The zero-order valence-electron chi connectivity index (χ0n) is 9.72. The number of likely N-dealkylation sites (tertiary alicyclic amines) is 1. The maximum absolute atomic E-state index is 11.9. The highest BCUT2D eigenvalue weighted by Gasteiger charge is 2.41. The molecule has 17 heavy (non-hydrogen) atoms. The topological polar surface area (TPSA) is 40.6 Å². The maximum atomic E-state index is 11.9. The molecule has 1 aromatic carbocycles. The van der Waals surface area contributed by atoms with Crippen LogP contribution in [0.2, 0.25) is 0 Å². The van der Waals surface area contributed by atoms with Gasteiger partial charge in [0, 0.05) is 20.1 Å². The largest absolute Gasteiger partial charge is 0.284 e. The van der Waals surface area contributed by atoms with Crippen LogP contribution in [0.15, 0.2) is 24.3 Å². The molecule has 0 bridgehead atoms. The standard InChI is InChI=1S/C13H14N2O2/c1-14-12(16)6-11(13(14)17)15-7-9-4-2-3-5-10(9)8-15/h2-5,11H,6-8H2,1H3. The van der Waals surface area contributed by atoms with Gasteiger partial charge in [-0.25, -0.2) is 0 Å². The van der Waals surface area contributed by atoms with Gasteiger partial charge in [-0.2, -0.15) is 0 Å². The zero-order valence-corrected chi connectivity index (χ0v) is 9.72. The number of imide groups is 1. The lowest BCUT2D eigenvalue weighted by Crippen LogP contribution is -2.37. The number of benzene rings is 1. The zero-order chi connectivity index (χ0) is 12.0. The molecule has 1 unspecified atom stereocenters. The van der Waals surface area contributed by atoms with Gasteiger partial charge in [0.25, 0.3) is 0 Å². The summed E-state index contributed by atoms with van der Waals surface area (Å²) in [5.74, 6) is -0.140. The van der Waals surface area contributed by atoms with Crippen LogP contribution in [0.4, 0.5) is 0 Å². The number of carbonyl (C=O) groups excluding carboxylic acids is 2. The van der Waals surface area contributed by atoms with Crippen molar-refractivity contribution >= 4 is 11.8 Å². The van der Waals surface area contributed by atoms with Crippen LogP contribution in [0, 0.1) is 0 Å². The normalized spacial score (nSPS) is 24.5. The van der Waals surface area contributed by atoms with E-state index >= 15 is 0 Å². The minimum Gasteiger partial charge on any atom is -0.284 e. The summed E-state index contributed by atoms with van der Waals surface area (Å²) in [6.45, 7) is 1.54. The van der Waals surface area contributed by atoms with E-state index in [4.69, 9.17) is 0 Å². The number of amides is 2. The molecule has 0 aromatic heterocycles. The number of fused-ring (bicyclic) bond motifs is 1. The number of carbonyl (C=O) groups is 2. The highest BCUT2D eigenvalue weighted by atomic mass is 16.2. The fraction of sp³-hybridized carbons (Fsp3) is 0.385. The maximum Gasteiger partial charge on any atom is 0.246 e. The van der Waals surface area contributed by atoms with Gasteiger partial charge in [0.1, 0.15) is 0 Å². The van der Waals surface area contributed by atoms with E-state index in [1.54, 1.807) is 7.05 Å². The molecule has 4 heteroatoms. The number of nitrogens with zero attached hydrogens (tertiary/aromatic N) is 2. The molecule has 3 rings (SSSR count). The summed E-state index contributed by atoms with van der Waals surface area (Å²) in [6.07, 6.45) is 0.323. The van der Waals surface area contributed by atoms with Crippen molar-refractivity contribution in [3.63, 3.8) is 0 Å². The lowest BCUT2D eigenvalue weighted by Gasteiger charge is -2.20. The minimum atomic E-state index is -0.264. The van der Waals surface area contributed by atoms with E-state index in [1.165, 1.54) is 16.0 Å². The van der Waals surface area contributed by atoms with Crippen LogP contribution in [-0.4, -0.2) is 34.7 Å². The van der Waals surface area contributed by atoms with Gasteiger partial charge in [0.2, 0.25) is 11.8 Å². The third kappa shape index (κ3) is 1.56. The Bertz CT molecular complexity index is 473. The first kappa shape index (κ1) is 10.5. The van der Waals surface area contributed by atoms with Crippen molar-refractivity contribution in [1.82, 2.24) is 9.80 Å². The minimum absolute atomic E-state index is 0.0668. The van der Waals surface area contributed by atoms with Gasteiger partial charge in [-0.05, 0) is 11.1 Å². The number of hydrogen-bond acceptors (Lipinski definition) is 3. The van der Waals surface area contributed by atoms with Crippen molar-refractivity contribution in [2.75, 3.05) is 7.05 Å². The lowest BCUT2D eigenvalue weighted by atomic mass is 10.1. The van der Waals surface area contributed by atoms with Crippen LogP contribution < -0.4 is 0 Å². The van der Waals surface area contributed by atoms with Gasteiger partial charge in [-0.1, -0.05) is 24.3 Å². The molecular formula is C13H14N2O2. The second-order valence-corrected chi connectivity index (χ2v) is 4.68. The molecule has 0 saturated carbocycles. The van der Waals surface area contributed by atoms with Crippen LogP contribution in [-0.2, 0) is 22.7 Å². The molecule has 2 aliphatic heterocycles. The molecule has 1 atom stereocenters. The predicted molar refractivity (Wildman–Crippen MR) is 61.9 cm³/mol. The summed E-state index contributed by atoms with van der Waals surface area (Å²) in [5.41, 5.74) is 2.53. The summed E-state index contributed by atoms with van der Waals surface area (Å²) < 4.78 is 0. The molecule has 0 N–H and O–H groups in total. The Hall–Kier alpha value is -1.68. The SMILES string of the molecule is CN1C(=O)CC(N2Cc3ccccc3C2)C1=O. The summed E-state index contributed by atoms with van der Waals surface area (Å²) in [7, 11) is 1.56. The first-order chi connectivity index (χ1) is 8.16. The third-order valence-corrected chi connectivity index (χ3v) is 3.66. The molecule has 2 heterocycles. The number of hydrogen-bond donors (Lipinski definition) is 0. The average Bonchev–Trinajstić information content (AvgIpc) is 2.86. The Labute approximate surface area is 99.8 Å². The molecule has 0 aliphatic carbocycles. The molecule has 1 fully saturated rings. The smallest absolute Gasteiger partial charge is 0.246 e. The second kappa shape index (κ2) is 3.67. The van der Waals surface area contributed by atoms with E-state index in [9.17, 15) is 9.59 Å². The second-order valence-electron chi connectivity index (χ2n) is 4.68. The van der Waals surface area contributed by atoms with Crippen molar-refractivity contribution in [1.29, 1.82) is 0 Å². The highest BCUT2D eigenvalue weighted by Crippen LogP contribution is 2.28. The molecule has 1 saturated heterocycles. The molecule has 2 aliphatic rings. The summed E-state index contributed by atoms with van der Waals surface area (Å²) in [4.78, 5) is 26.8. The van der Waals surface area contributed by atoms with E-state index in [2.05, 4.69) is 17.0 Å². The molecule has 88 valence electrons.